The van der Waals surface area contributed by atoms with Crippen LogP contribution in [0.1, 0.15) is 23.3 Å². The molecule has 4 heterocycles. The van der Waals surface area contributed by atoms with E-state index in [0.717, 1.165) is 11.0 Å². The molecule has 1 aromatic rings. The van der Waals surface area contributed by atoms with Gasteiger partial charge in [-0.15, -0.1) is 0 Å². The van der Waals surface area contributed by atoms with E-state index in [9.17, 15) is 4.79 Å². The van der Waals surface area contributed by atoms with E-state index >= 15 is 0 Å². The number of aromatic nitrogens is 1. The van der Waals surface area contributed by atoms with Crippen LogP contribution in [-0.2, 0) is 0 Å². The summed E-state index contributed by atoms with van der Waals surface area (Å²) in [7, 11) is 0. The van der Waals surface area contributed by atoms with Crippen molar-refractivity contribution in [1.29, 1.82) is 0 Å². The smallest absolute Gasteiger partial charge is 0.271 e. The highest BCUT2D eigenvalue weighted by atomic mass is 79.9. The van der Waals surface area contributed by atoms with Crippen molar-refractivity contribution in [3.63, 3.8) is 0 Å². The Bertz CT molecular complexity index is 457. The number of nitrogens with zero attached hydrogens (tertiary/aromatic N) is 2. The quantitative estimate of drug-likeness (QED) is 0.904. The molecule has 3 saturated heterocycles. The minimum absolute atomic E-state index is 0.0683. The van der Waals surface area contributed by atoms with Crippen LogP contribution >= 0.6 is 15.9 Å². The Hall–Kier alpha value is -0.940. The Labute approximate surface area is 115 Å². The molecule has 0 aliphatic carbocycles. The highest BCUT2D eigenvalue weighted by molar-refractivity contribution is 9.10. The summed E-state index contributed by atoms with van der Waals surface area (Å²) in [6, 6.07) is 3.95. The number of piperidine rings is 3. The molecule has 1 N–H and O–H groups in total. The second-order valence-corrected chi connectivity index (χ2v) is 5.91. The van der Waals surface area contributed by atoms with E-state index in [1.807, 2.05) is 12.1 Å². The maximum Gasteiger partial charge on any atom is 0.271 e. The van der Waals surface area contributed by atoms with Gasteiger partial charge < -0.3 is 10.2 Å². The van der Waals surface area contributed by atoms with Crippen molar-refractivity contribution in [2.45, 2.75) is 18.9 Å². The predicted octanol–water partition coefficient (Wildman–Crippen LogP) is 1.67. The Morgan fingerprint density at radius 3 is 2.83 bits per heavy atom. The lowest BCUT2D eigenvalue weighted by Gasteiger charge is -2.44. The van der Waals surface area contributed by atoms with Crippen molar-refractivity contribution in [3.05, 3.63) is 28.5 Å². The molecule has 1 amide bonds. The van der Waals surface area contributed by atoms with Crippen LogP contribution in [0.25, 0.3) is 0 Å². The Morgan fingerprint density at radius 1 is 1.44 bits per heavy atom. The molecular weight excluding hydrogens is 294 g/mol. The molecule has 3 aliphatic heterocycles. The molecule has 0 radical (unpaired) electrons. The van der Waals surface area contributed by atoms with Gasteiger partial charge in [-0.3, -0.25) is 4.79 Å². The fourth-order valence-electron chi connectivity index (χ4n) is 2.92. The van der Waals surface area contributed by atoms with Gasteiger partial charge in [-0.05, 0) is 59.9 Å². The van der Waals surface area contributed by atoms with Gasteiger partial charge in [0.05, 0.1) is 0 Å². The summed E-state index contributed by atoms with van der Waals surface area (Å²) >= 11 is 3.37. The number of pyridine rings is 1. The van der Waals surface area contributed by atoms with Crippen LogP contribution in [0, 0.1) is 5.92 Å². The summed E-state index contributed by atoms with van der Waals surface area (Å²) in [6.07, 6.45) is 4.05. The van der Waals surface area contributed by atoms with Crippen molar-refractivity contribution < 1.29 is 4.79 Å². The molecule has 96 valence electrons. The Kier molecular flexibility index (Phi) is 3.35. The molecule has 4 rings (SSSR count). The number of hydrogen-bond acceptors (Lipinski definition) is 3. The standard InChI is InChI=1S/C13H16BrN3O/c14-10-2-1-5-15-12(10)13(18)16-11-8-17-6-3-9(11)4-7-17/h1-2,5,9,11H,3-4,6-8H2,(H,16,18). The highest BCUT2D eigenvalue weighted by Gasteiger charge is 2.35. The van der Waals surface area contributed by atoms with E-state index in [4.69, 9.17) is 0 Å². The number of hydrogen-bond donors (Lipinski definition) is 1. The van der Waals surface area contributed by atoms with Gasteiger partial charge in [0.1, 0.15) is 5.69 Å². The van der Waals surface area contributed by atoms with Gasteiger partial charge >= 0.3 is 0 Å². The molecule has 3 fully saturated rings. The van der Waals surface area contributed by atoms with Crippen molar-refractivity contribution in [2.75, 3.05) is 19.6 Å². The lowest BCUT2D eigenvalue weighted by Crippen LogP contribution is -2.57. The van der Waals surface area contributed by atoms with Gasteiger partial charge in [0.15, 0.2) is 0 Å². The first kappa shape index (κ1) is 12.1. The fraction of sp³-hybridized carbons (Fsp3) is 0.538. The summed E-state index contributed by atoms with van der Waals surface area (Å²) in [5, 5.41) is 3.13. The van der Waals surface area contributed by atoms with E-state index in [1.165, 1.54) is 25.9 Å². The van der Waals surface area contributed by atoms with Crippen LogP contribution in [0.3, 0.4) is 0 Å². The number of rotatable bonds is 2. The highest BCUT2D eigenvalue weighted by Crippen LogP contribution is 2.27. The van der Waals surface area contributed by atoms with Crippen molar-refractivity contribution >= 4 is 21.8 Å². The van der Waals surface area contributed by atoms with Crippen molar-refractivity contribution in [3.8, 4) is 0 Å². The molecule has 18 heavy (non-hydrogen) atoms. The van der Waals surface area contributed by atoms with Gasteiger partial charge in [-0.25, -0.2) is 4.98 Å². The second-order valence-electron chi connectivity index (χ2n) is 5.05. The molecule has 0 spiro atoms. The third-order valence-electron chi connectivity index (χ3n) is 3.95. The number of carbonyl (C=O) groups excluding carboxylic acids is 1. The molecule has 1 atom stereocenters. The van der Waals surface area contributed by atoms with Crippen LogP contribution < -0.4 is 5.32 Å². The maximum atomic E-state index is 12.2. The van der Waals surface area contributed by atoms with E-state index < -0.39 is 0 Å². The number of amides is 1. The van der Waals surface area contributed by atoms with E-state index in [2.05, 4.69) is 31.1 Å². The van der Waals surface area contributed by atoms with Gasteiger partial charge in [-0.1, -0.05) is 0 Å². The minimum Gasteiger partial charge on any atom is -0.346 e. The van der Waals surface area contributed by atoms with Crippen LogP contribution in [0.5, 0.6) is 0 Å². The molecule has 2 bridgehead atoms. The average molecular weight is 310 g/mol. The number of nitrogens with one attached hydrogen (secondary N) is 1. The summed E-state index contributed by atoms with van der Waals surface area (Å²) in [6.45, 7) is 3.36. The molecular formula is C13H16BrN3O. The van der Waals surface area contributed by atoms with Crippen LogP contribution in [0.2, 0.25) is 0 Å². The molecule has 1 aromatic heterocycles. The van der Waals surface area contributed by atoms with Crippen molar-refractivity contribution in [2.24, 2.45) is 5.92 Å². The zero-order valence-electron chi connectivity index (χ0n) is 10.1. The zero-order valence-corrected chi connectivity index (χ0v) is 11.7. The Morgan fingerprint density at radius 2 is 2.22 bits per heavy atom. The van der Waals surface area contributed by atoms with E-state index in [-0.39, 0.29) is 11.9 Å². The first-order valence-corrected chi connectivity index (χ1v) is 7.17. The minimum atomic E-state index is -0.0683. The molecule has 4 nitrogen and oxygen atoms in total. The summed E-state index contributed by atoms with van der Waals surface area (Å²) in [4.78, 5) is 18.8. The van der Waals surface area contributed by atoms with Crippen molar-refractivity contribution in [1.82, 2.24) is 15.2 Å². The van der Waals surface area contributed by atoms with Gasteiger partial charge in [0.2, 0.25) is 0 Å². The fourth-order valence-corrected chi connectivity index (χ4v) is 3.35. The van der Waals surface area contributed by atoms with Crippen LogP contribution in [0.4, 0.5) is 0 Å². The Balaban J connectivity index is 1.70. The van der Waals surface area contributed by atoms with Gasteiger partial charge in [-0.2, -0.15) is 0 Å². The van der Waals surface area contributed by atoms with Crippen LogP contribution in [0.15, 0.2) is 22.8 Å². The normalized spacial score (nSPS) is 30.2. The molecule has 1 unspecified atom stereocenters. The molecule has 3 aliphatic rings. The maximum absolute atomic E-state index is 12.2. The lowest BCUT2D eigenvalue weighted by atomic mass is 9.84. The second kappa shape index (κ2) is 4.97. The molecule has 5 heteroatoms. The largest absolute Gasteiger partial charge is 0.346 e. The number of fused-ring (bicyclic) bond motifs is 3. The van der Waals surface area contributed by atoms with Crippen LogP contribution in [-0.4, -0.2) is 41.5 Å². The molecule has 0 saturated carbocycles. The molecule has 0 aromatic carbocycles. The van der Waals surface area contributed by atoms with E-state index in [0.29, 0.717) is 11.6 Å². The van der Waals surface area contributed by atoms with Gasteiger partial charge in [0, 0.05) is 23.3 Å². The summed E-state index contributed by atoms with van der Waals surface area (Å²) in [5.41, 5.74) is 0.481. The topological polar surface area (TPSA) is 45.2 Å². The summed E-state index contributed by atoms with van der Waals surface area (Å²) < 4.78 is 0.753. The van der Waals surface area contributed by atoms with Gasteiger partial charge in [0.25, 0.3) is 5.91 Å². The SMILES string of the molecule is O=C(NC1CN2CCC1CC2)c1ncccc1Br. The first-order valence-electron chi connectivity index (χ1n) is 6.38. The zero-order chi connectivity index (χ0) is 12.5. The number of carbonyl (C=O) groups is 1. The van der Waals surface area contributed by atoms with E-state index in [1.54, 1.807) is 6.20 Å². The summed E-state index contributed by atoms with van der Waals surface area (Å²) in [5.74, 6) is 0.572. The third kappa shape index (κ3) is 2.29. The average Bonchev–Trinajstić information content (AvgIpc) is 2.40. The number of halogens is 1. The first-order chi connectivity index (χ1) is 8.74. The lowest BCUT2D eigenvalue weighted by molar-refractivity contribution is 0.0617. The monoisotopic (exact) mass is 309 g/mol. The predicted molar refractivity (Wildman–Crippen MR) is 72.4 cm³/mol. The third-order valence-corrected chi connectivity index (χ3v) is 4.59.